The van der Waals surface area contributed by atoms with Gasteiger partial charge >= 0.3 is 0 Å². The fraction of sp³-hybridized carbons (Fsp3) is 0.238. The Bertz CT molecular complexity index is 953. The van der Waals surface area contributed by atoms with Crippen molar-refractivity contribution in [1.82, 2.24) is 14.7 Å². The summed E-state index contributed by atoms with van der Waals surface area (Å²) in [6.45, 7) is 1.26. The van der Waals surface area contributed by atoms with Crippen LogP contribution in [0.25, 0.3) is 5.69 Å². The number of carbonyl (C=O) groups excluding carboxylic acids is 1. The van der Waals surface area contributed by atoms with Gasteiger partial charge in [-0.2, -0.15) is 5.10 Å². The van der Waals surface area contributed by atoms with E-state index in [1.807, 2.05) is 47.3 Å². The maximum Gasteiger partial charge on any atom is 0.235 e. The number of ether oxygens (including phenoxy) is 1. The van der Waals surface area contributed by atoms with E-state index in [0.29, 0.717) is 19.5 Å². The van der Waals surface area contributed by atoms with E-state index in [1.54, 1.807) is 13.3 Å². The van der Waals surface area contributed by atoms with Gasteiger partial charge in [-0.25, -0.2) is 4.68 Å². The molecule has 2 heterocycles. The Morgan fingerprint density at radius 3 is 2.74 bits per heavy atom. The largest absolute Gasteiger partial charge is 0.497 e. The minimum Gasteiger partial charge on any atom is -0.497 e. The first-order valence-electron chi connectivity index (χ1n) is 8.93. The molecule has 1 atom stereocenters. The summed E-state index contributed by atoms with van der Waals surface area (Å²) in [7, 11) is 1.65. The number of primary amides is 1. The molecule has 0 saturated heterocycles. The number of carbonyl (C=O) groups is 1. The van der Waals surface area contributed by atoms with Crippen LogP contribution in [0.3, 0.4) is 0 Å². The molecule has 2 aromatic carbocycles. The van der Waals surface area contributed by atoms with Crippen molar-refractivity contribution in [2.75, 3.05) is 7.11 Å². The van der Waals surface area contributed by atoms with Gasteiger partial charge in [0.1, 0.15) is 5.75 Å². The number of benzene rings is 2. The van der Waals surface area contributed by atoms with Crippen molar-refractivity contribution in [2.45, 2.75) is 25.6 Å². The van der Waals surface area contributed by atoms with E-state index in [0.717, 1.165) is 17.0 Å². The molecule has 6 heteroatoms. The van der Waals surface area contributed by atoms with Gasteiger partial charge in [-0.05, 0) is 47.4 Å². The third-order valence-electron chi connectivity index (χ3n) is 5.09. The Kier molecular flexibility index (Phi) is 4.64. The summed E-state index contributed by atoms with van der Waals surface area (Å²) in [6.07, 6.45) is 4.28. The predicted molar refractivity (Wildman–Crippen MR) is 102 cm³/mol. The van der Waals surface area contributed by atoms with E-state index in [4.69, 9.17) is 10.5 Å². The highest BCUT2D eigenvalue weighted by Crippen LogP contribution is 2.28. The Labute approximate surface area is 158 Å². The molecule has 2 N–H and O–H groups in total. The third kappa shape index (κ3) is 3.44. The Morgan fingerprint density at radius 2 is 2.04 bits per heavy atom. The highest BCUT2D eigenvalue weighted by Gasteiger charge is 2.30. The summed E-state index contributed by atoms with van der Waals surface area (Å²) in [4.78, 5) is 14.3. The topological polar surface area (TPSA) is 73.4 Å². The molecule has 3 aromatic rings. The normalized spacial score (nSPS) is 16.7. The van der Waals surface area contributed by atoms with Crippen LogP contribution in [0.2, 0.25) is 0 Å². The molecule has 0 bridgehead atoms. The fourth-order valence-electron chi connectivity index (χ4n) is 3.69. The number of fused-ring (bicyclic) bond motifs is 1. The molecule has 1 aromatic heterocycles. The van der Waals surface area contributed by atoms with E-state index in [2.05, 4.69) is 22.1 Å². The SMILES string of the molecule is COc1ccc(-n2cccn2)c(CN2Cc3ccccc3C[C@@H]2C(N)=O)c1. The Morgan fingerprint density at radius 1 is 1.22 bits per heavy atom. The molecular weight excluding hydrogens is 340 g/mol. The van der Waals surface area contributed by atoms with Gasteiger partial charge in [-0.1, -0.05) is 24.3 Å². The number of methoxy groups -OCH3 is 1. The van der Waals surface area contributed by atoms with Gasteiger partial charge in [0.05, 0.1) is 18.8 Å². The van der Waals surface area contributed by atoms with Gasteiger partial charge in [-0.3, -0.25) is 9.69 Å². The number of nitrogens with two attached hydrogens (primary N) is 1. The third-order valence-corrected chi connectivity index (χ3v) is 5.09. The van der Waals surface area contributed by atoms with Crippen LogP contribution in [0, 0.1) is 0 Å². The fourth-order valence-corrected chi connectivity index (χ4v) is 3.69. The molecule has 0 saturated carbocycles. The number of amides is 1. The molecule has 138 valence electrons. The number of nitrogens with zero attached hydrogens (tertiary/aromatic N) is 3. The van der Waals surface area contributed by atoms with Crippen LogP contribution in [-0.2, 0) is 24.3 Å². The lowest BCUT2D eigenvalue weighted by Gasteiger charge is -2.35. The summed E-state index contributed by atoms with van der Waals surface area (Å²) in [6, 6.07) is 15.7. The molecule has 1 amide bonds. The predicted octanol–water partition coefficient (Wildman–Crippen LogP) is 2.29. The average Bonchev–Trinajstić information content (AvgIpc) is 3.21. The van der Waals surface area contributed by atoms with Crippen LogP contribution in [0.4, 0.5) is 0 Å². The summed E-state index contributed by atoms with van der Waals surface area (Å²) >= 11 is 0. The molecule has 0 fully saturated rings. The molecular formula is C21H22N4O2. The van der Waals surface area contributed by atoms with Crippen LogP contribution in [0.5, 0.6) is 5.75 Å². The monoisotopic (exact) mass is 362 g/mol. The first-order chi connectivity index (χ1) is 13.2. The van der Waals surface area contributed by atoms with Crippen molar-refractivity contribution < 1.29 is 9.53 Å². The van der Waals surface area contributed by atoms with Crippen molar-refractivity contribution in [3.05, 3.63) is 77.6 Å². The second kappa shape index (κ2) is 7.25. The van der Waals surface area contributed by atoms with E-state index >= 15 is 0 Å². The van der Waals surface area contributed by atoms with E-state index in [-0.39, 0.29) is 11.9 Å². The Hall–Kier alpha value is -3.12. The first-order valence-corrected chi connectivity index (χ1v) is 8.93. The van der Waals surface area contributed by atoms with Gasteiger partial charge in [-0.15, -0.1) is 0 Å². The molecule has 27 heavy (non-hydrogen) atoms. The van der Waals surface area contributed by atoms with Crippen LogP contribution in [0.15, 0.2) is 60.9 Å². The smallest absolute Gasteiger partial charge is 0.235 e. The second-order valence-electron chi connectivity index (χ2n) is 6.74. The van der Waals surface area contributed by atoms with E-state index < -0.39 is 0 Å². The molecule has 0 aliphatic carbocycles. The van der Waals surface area contributed by atoms with Crippen molar-refractivity contribution >= 4 is 5.91 Å². The highest BCUT2D eigenvalue weighted by atomic mass is 16.5. The van der Waals surface area contributed by atoms with Crippen molar-refractivity contribution in [3.63, 3.8) is 0 Å². The summed E-state index contributed by atoms with van der Waals surface area (Å²) in [5, 5.41) is 4.35. The number of hydrogen-bond donors (Lipinski definition) is 1. The van der Waals surface area contributed by atoms with Crippen molar-refractivity contribution in [2.24, 2.45) is 5.73 Å². The zero-order chi connectivity index (χ0) is 18.8. The molecule has 0 unspecified atom stereocenters. The average molecular weight is 362 g/mol. The van der Waals surface area contributed by atoms with Crippen molar-refractivity contribution in [1.29, 1.82) is 0 Å². The summed E-state index contributed by atoms with van der Waals surface area (Å²) in [5.41, 5.74) is 10.2. The van der Waals surface area contributed by atoms with Gasteiger partial charge in [0.2, 0.25) is 5.91 Å². The minimum atomic E-state index is -0.337. The van der Waals surface area contributed by atoms with Crippen LogP contribution in [-0.4, -0.2) is 33.7 Å². The summed E-state index contributed by atoms with van der Waals surface area (Å²) in [5.74, 6) is 0.474. The lowest BCUT2D eigenvalue weighted by atomic mass is 9.93. The first kappa shape index (κ1) is 17.3. The van der Waals surface area contributed by atoms with Crippen LogP contribution < -0.4 is 10.5 Å². The quantitative estimate of drug-likeness (QED) is 0.756. The number of hydrogen-bond acceptors (Lipinski definition) is 4. The van der Waals surface area contributed by atoms with E-state index in [9.17, 15) is 4.79 Å². The highest BCUT2D eigenvalue weighted by molar-refractivity contribution is 5.80. The molecule has 4 rings (SSSR count). The molecule has 1 aliphatic heterocycles. The lowest BCUT2D eigenvalue weighted by Crippen LogP contribution is -2.48. The van der Waals surface area contributed by atoms with Crippen LogP contribution >= 0.6 is 0 Å². The van der Waals surface area contributed by atoms with Gasteiger partial charge in [0.15, 0.2) is 0 Å². The second-order valence-corrected chi connectivity index (χ2v) is 6.74. The minimum absolute atomic E-state index is 0.298. The van der Waals surface area contributed by atoms with Crippen LogP contribution in [0.1, 0.15) is 16.7 Å². The Balaban J connectivity index is 1.71. The van der Waals surface area contributed by atoms with Gasteiger partial charge < -0.3 is 10.5 Å². The molecule has 1 aliphatic rings. The van der Waals surface area contributed by atoms with Gasteiger partial charge in [0.25, 0.3) is 0 Å². The molecule has 0 spiro atoms. The van der Waals surface area contributed by atoms with Crippen molar-refractivity contribution in [3.8, 4) is 11.4 Å². The van der Waals surface area contributed by atoms with Gasteiger partial charge in [0, 0.05) is 25.5 Å². The molecule has 6 nitrogen and oxygen atoms in total. The number of aromatic nitrogens is 2. The van der Waals surface area contributed by atoms with E-state index in [1.165, 1.54) is 11.1 Å². The lowest BCUT2D eigenvalue weighted by molar-refractivity contribution is -0.124. The standard InChI is InChI=1S/C21H22N4O2/c1-27-18-7-8-19(25-10-4-9-23-25)17(11-18)14-24-13-16-6-3-2-5-15(16)12-20(24)21(22)26/h2-11,20H,12-14H2,1H3,(H2,22,26)/t20-/m1/s1. The zero-order valence-corrected chi connectivity index (χ0v) is 15.2. The maximum absolute atomic E-state index is 12.1. The maximum atomic E-state index is 12.1. The summed E-state index contributed by atoms with van der Waals surface area (Å²) < 4.78 is 7.23. The molecule has 0 radical (unpaired) electrons. The number of rotatable bonds is 5. The zero-order valence-electron chi connectivity index (χ0n) is 15.2.